The van der Waals surface area contributed by atoms with Gasteiger partial charge in [-0.05, 0) is 25.3 Å². The van der Waals surface area contributed by atoms with Crippen molar-refractivity contribution in [3.63, 3.8) is 0 Å². The van der Waals surface area contributed by atoms with Gasteiger partial charge in [-0.15, -0.1) is 0 Å². The van der Waals surface area contributed by atoms with E-state index >= 15 is 0 Å². The van der Waals surface area contributed by atoms with Crippen molar-refractivity contribution in [2.45, 2.75) is 57.7 Å². The van der Waals surface area contributed by atoms with E-state index in [1.807, 2.05) is 6.20 Å². The highest BCUT2D eigenvalue weighted by Crippen LogP contribution is 2.28. The molecule has 0 spiro atoms. The van der Waals surface area contributed by atoms with Crippen molar-refractivity contribution in [1.82, 2.24) is 19.6 Å². The minimum Gasteiger partial charge on any atom is -0.342 e. The Hall–Kier alpha value is -1.36. The molecule has 5 heteroatoms. The normalized spacial score (nSPS) is 27.4. The average molecular weight is 302 g/mol. The number of hydrogen-bond acceptors (Lipinski definition) is 3. The van der Waals surface area contributed by atoms with E-state index in [-0.39, 0.29) is 0 Å². The number of hydrogen-bond donors (Lipinski definition) is 0. The summed E-state index contributed by atoms with van der Waals surface area (Å²) < 4.78 is 2.17. The second-order valence-electron chi connectivity index (χ2n) is 7.18. The highest BCUT2D eigenvalue weighted by Gasteiger charge is 2.31. The van der Waals surface area contributed by atoms with Crippen molar-refractivity contribution in [2.75, 3.05) is 19.6 Å². The molecular formula is C17H26N4O. The Balaban J connectivity index is 1.51. The second-order valence-corrected chi connectivity index (χ2v) is 7.18. The molecule has 0 aromatic carbocycles. The second kappa shape index (κ2) is 6.03. The summed E-state index contributed by atoms with van der Waals surface area (Å²) in [5.74, 6) is 0.848. The zero-order valence-corrected chi connectivity index (χ0v) is 13.3. The van der Waals surface area contributed by atoms with Crippen LogP contribution in [0.15, 0.2) is 12.3 Å². The summed E-state index contributed by atoms with van der Waals surface area (Å²) in [7, 11) is 0. The van der Waals surface area contributed by atoms with E-state index < -0.39 is 0 Å². The molecule has 1 unspecified atom stereocenters. The van der Waals surface area contributed by atoms with Crippen LogP contribution in [0.3, 0.4) is 0 Å². The van der Waals surface area contributed by atoms with Gasteiger partial charge < -0.3 is 4.90 Å². The number of nitrogens with zero attached hydrogens (tertiary/aromatic N) is 4. The van der Waals surface area contributed by atoms with Gasteiger partial charge in [-0.1, -0.05) is 12.8 Å². The lowest BCUT2D eigenvalue weighted by atomic mass is 10.1. The summed E-state index contributed by atoms with van der Waals surface area (Å²) in [5.41, 5.74) is 1.34. The van der Waals surface area contributed by atoms with Crippen LogP contribution < -0.4 is 0 Å². The first kappa shape index (κ1) is 14.2. The first-order valence-electron chi connectivity index (χ1n) is 8.82. The maximum atomic E-state index is 12.0. The smallest absolute Gasteiger partial charge is 0.222 e. The number of fused-ring (bicyclic) bond motifs is 1. The van der Waals surface area contributed by atoms with Gasteiger partial charge >= 0.3 is 0 Å². The Morgan fingerprint density at radius 1 is 1.18 bits per heavy atom. The molecule has 1 saturated heterocycles. The molecule has 2 aliphatic heterocycles. The number of carbonyl (C=O) groups is 1. The Kier molecular flexibility index (Phi) is 3.90. The van der Waals surface area contributed by atoms with Crippen LogP contribution in [0.25, 0.3) is 0 Å². The quantitative estimate of drug-likeness (QED) is 0.856. The van der Waals surface area contributed by atoms with Crippen molar-refractivity contribution in [3.05, 3.63) is 18.0 Å². The molecule has 0 radical (unpaired) electrons. The minimum atomic E-state index is 0.345. The fraction of sp³-hybridized carbons (Fsp3) is 0.765. The van der Waals surface area contributed by atoms with Crippen molar-refractivity contribution in [2.24, 2.45) is 5.92 Å². The molecule has 0 bridgehead atoms. The molecule has 1 saturated carbocycles. The molecule has 3 heterocycles. The van der Waals surface area contributed by atoms with Crippen LogP contribution in [0.1, 0.15) is 44.2 Å². The topological polar surface area (TPSA) is 41.4 Å². The number of likely N-dealkylation sites (tertiary alicyclic amines) is 1. The van der Waals surface area contributed by atoms with Gasteiger partial charge in [-0.2, -0.15) is 5.10 Å². The third-order valence-corrected chi connectivity index (χ3v) is 5.58. The van der Waals surface area contributed by atoms with Crippen LogP contribution >= 0.6 is 0 Å². The minimum absolute atomic E-state index is 0.345. The van der Waals surface area contributed by atoms with Crippen molar-refractivity contribution in [3.8, 4) is 0 Å². The van der Waals surface area contributed by atoms with E-state index in [1.54, 1.807) is 0 Å². The summed E-state index contributed by atoms with van der Waals surface area (Å²) >= 11 is 0. The predicted octanol–water partition coefficient (Wildman–Crippen LogP) is 1.88. The number of amides is 1. The van der Waals surface area contributed by atoms with Crippen LogP contribution in [-0.2, 0) is 17.9 Å². The third kappa shape index (κ3) is 2.78. The summed E-state index contributed by atoms with van der Waals surface area (Å²) in [6.45, 7) is 4.94. The maximum Gasteiger partial charge on any atom is 0.222 e. The zero-order valence-electron chi connectivity index (χ0n) is 13.3. The Labute approximate surface area is 132 Å². The summed E-state index contributed by atoms with van der Waals surface area (Å²) in [6, 6.07) is 2.89. The number of rotatable bonds is 3. The van der Waals surface area contributed by atoms with Crippen molar-refractivity contribution < 1.29 is 4.79 Å². The molecule has 0 N–H and O–H groups in total. The van der Waals surface area contributed by atoms with E-state index in [2.05, 4.69) is 25.6 Å². The summed E-state index contributed by atoms with van der Waals surface area (Å²) in [5, 5.41) is 4.51. The maximum absolute atomic E-state index is 12.0. The Morgan fingerprint density at radius 3 is 2.82 bits per heavy atom. The lowest BCUT2D eigenvalue weighted by molar-refractivity contribution is -0.128. The molecular weight excluding hydrogens is 276 g/mol. The summed E-state index contributed by atoms with van der Waals surface area (Å²) in [4.78, 5) is 16.7. The van der Waals surface area contributed by atoms with E-state index in [1.165, 1.54) is 31.4 Å². The lowest BCUT2D eigenvalue weighted by Gasteiger charge is -2.31. The highest BCUT2D eigenvalue weighted by atomic mass is 16.2. The van der Waals surface area contributed by atoms with Crippen molar-refractivity contribution >= 4 is 5.91 Å². The Bertz CT molecular complexity index is 535. The molecule has 1 aliphatic carbocycles. The van der Waals surface area contributed by atoms with Gasteiger partial charge in [-0.25, -0.2) is 0 Å². The molecule has 5 nitrogen and oxygen atoms in total. The fourth-order valence-electron chi connectivity index (χ4n) is 4.44. The van der Waals surface area contributed by atoms with Crippen LogP contribution in [0, 0.1) is 5.92 Å². The molecule has 4 rings (SSSR count). The zero-order chi connectivity index (χ0) is 14.9. The highest BCUT2D eigenvalue weighted by molar-refractivity contribution is 5.78. The van der Waals surface area contributed by atoms with Gasteiger partial charge in [0.2, 0.25) is 5.91 Å². The molecule has 3 aliphatic rings. The van der Waals surface area contributed by atoms with Gasteiger partial charge in [0.25, 0.3) is 0 Å². The van der Waals surface area contributed by atoms with Crippen LogP contribution in [0.4, 0.5) is 0 Å². The van der Waals surface area contributed by atoms with E-state index in [4.69, 9.17) is 0 Å². The van der Waals surface area contributed by atoms with E-state index in [9.17, 15) is 4.79 Å². The molecule has 1 aromatic heterocycles. The molecule has 22 heavy (non-hydrogen) atoms. The first-order valence-corrected chi connectivity index (χ1v) is 8.82. The van der Waals surface area contributed by atoms with Gasteiger partial charge in [0.15, 0.2) is 0 Å². The monoisotopic (exact) mass is 302 g/mol. The Morgan fingerprint density at radius 2 is 2.05 bits per heavy atom. The van der Waals surface area contributed by atoms with Gasteiger partial charge in [0.1, 0.15) is 0 Å². The standard InChI is InChI=1S/C17H26N4O/c22-17-6-3-9-19(17)10-14-11-20(15-4-1-2-5-15)13-16-7-8-18-21(16)12-14/h7-8,14-15H,1-6,9-13H2. The lowest BCUT2D eigenvalue weighted by Crippen LogP contribution is -2.40. The van der Waals surface area contributed by atoms with Crippen molar-refractivity contribution in [1.29, 1.82) is 0 Å². The number of aromatic nitrogens is 2. The SMILES string of the molecule is O=C1CCCN1CC1CN(C2CCCC2)Cc2ccnn2C1. The third-order valence-electron chi connectivity index (χ3n) is 5.58. The van der Waals surface area contributed by atoms with E-state index in [0.29, 0.717) is 11.8 Å². The van der Waals surface area contributed by atoms with Gasteiger partial charge in [0.05, 0.1) is 5.69 Å². The predicted molar refractivity (Wildman–Crippen MR) is 84.2 cm³/mol. The van der Waals surface area contributed by atoms with Gasteiger partial charge in [0, 0.05) is 57.3 Å². The molecule has 1 amide bonds. The van der Waals surface area contributed by atoms with Gasteiger partial charge in [-0.3, -0.25) is 14.4 Å². The van der Waals surface area contributed by atoms with Crippen LogP contribution in [0.5, 0.6) is 0 Å². The fourth-order valence-corrected chi connectivity index (χ4v) is 4.44. The van der Waals surface area contributed by atoms with Crippen LogP contribution in [0.2, 0.25) is 0 Å². The van der Waals surface area contributed by atoms with Crippen LogP contribution in [-0.4, -0.2) is 51.2 Å². The largest absolute Gasteiger partial charge is 0.342 e. The first-order chi connectivity index (χ1) is 10.8. The molecule has 1 aromatic rings. The van der Waals surface area contributed by atoms with E-state index in [0.717, 1.165) is 51.6 Å². The molecule has 2 fully saturated rings. The molecule has 1 atom stereocenters. The molecule has 120 valence electrons. The number of carbonyl (C=O) groups excluding carboxylic acids is 1. The summed E-state index contributed by atoms with van der Waals surface area (Å²) in [6.07, 6.45) is 9.11. The average Bonchev–Trinajstić information content (AvgIpc) is 3.22.